The molecule has 1 N–H and O–H groups in total. The van der Waals surface area contributed by atoms with E-state index in [4.69, 9.17) is 0 Å². The fourth-order valence-electron chi connectivity index (χ4n) is 0.822. The van der Waals surface area contributed by atoms with E-state index in [2.05, 4.69) is 5.32 Å². The van der Waals surface area contributed by atoms with E-state index in [0.717, 1.165) is 6.08 Å². The van der Waals surface area contributed by atoms with Crippen LogP contribution in [-0.2, 0) is 14.4 Å². The highest BCUT2D eigenvalue weighted by Crippen LogP contribution is 2.10. The van der Waals surface area contributed by atoms with Crippen LogP contribution in [0, 0.1) is 0 Å². The highest BCUT2D eigenvalue weighted by atomic mass is 19.1. The van der Waals surface area contributed by atoms with Crippen LogP contribution in [0.1, 0.15) is 6.92 Å². The molecule has 13 heavy (non-hydrogen) atoms. The van der Waals surface area contributed by atoms with Crippen molar-refractivity contribution in [2.75, 3.05) is 0 Å². The van der Waals surface area contributed by atoms with E-state index in [1.165, 1.54) is 6.92 Å². The number of ketones is 2. The molecule has 1 aliphatic carbocycles. The number of amides is 1. The molecule has 0 fully saturated rings. The third-order valence-corrected chi connectivity index (χ3v) is 1.34. The minimum atomic E-state index is -1.11. The number of hydrogen-bond acceptors (Lipinski definition) is 3. The van der Waals surface area contributed by atoms with Crippen LogP contribution >= 0.6 is 0 Å². The van der Waals surface area contributed by atoms with Crippen LogP contribution in [0.25, 0.3) is 0 Å². The molecular weight excluding hydrogens is 177 g/mol. The zero-order valence-corrected chi connectivity index (χ0v) is 6.76. The van der Waals surface area contributed by atoms with Crippen LogP contribution in [0.15, 0.2) is 23.7 Å². The number of rotatable bonds is 1. The van der Waals surface area contributed by atoms with E-state index in [-0.39, 0.29) is 5.70 Å². The Morgan fingerprint density at radius 1 is 1.31 bits per heavy atom. The first-order valence-corrected chi connectivity index (χ1v) is 3.46. The third-order valence-electron chi connectivity index (χ3n) is 1.34. The van der Waals surface area contributed by atoms with E-state index in [1.54, 1.807) is 0 Å². The summed E-state index contributed by atoms with van der Waals surface area (Å²) in [6.07, 6.45) is 1.31. The Kier molecular flexibility index (Phi) is 2.36. The van der Waals surface area contributed by atoms with Crippen molar-refractivity contribution in [3.63, 3.8) is 0 Å². The van der Waals surface area contributed by atoms with Crippen molar-refractivity contribution >= 4 is 17.5 Å². The number of carbonyl (C=O) groups excluding carboxylic acids is 3. The van der Waals surface area contributed by atoms with Gasteiger partial charge in [-0.1, -0.05) is 0 Å². The number of hydrogen-bond donors (Lipinski definition) is 1. The molecule has 0 aliphatic heterocycles. The first-order valence-electron chi connectivity index (χ1n) is 3.46. The standard InChI is InChI=1S/C8H6FNO3/c1-4(11)10-6-3-7(12)5(9)2-8(6)13/h2-3H,1H3,(H,10,11). The summed E-state index contributed by atoms with van der Waals surface area (Å²) in [6.45, 7) is 1.19. The first-order chi connectivity index (χ1) is 6.00. The minimum absolute atomic E-state index is 0.195. The van der Waals surface area contributed by atoms with Gasteiger partial charge in [-0.2, -0.15) is 0 Å². The van der Waals surface area contributed by atoms with Crippen LogP contribution in [-0.4, -0.2) is 17.5 Å². The summed E-state index contributed by atoms with van der Waals surface area (Å²) in [5, 5.41) is 2.12. The Balaban J connectivity index is 2.89. The van der Waals surface area contributed by atoms with E-state index >= 15 is 0 Å². The van der Waals surface area contributed by atoms with Crippen molar-refractivity contribution in [1.82, 2.24) is 5.32 Å². The molecule has 0 unspecified atom stereocenters. The van der Waals surface area contributed by atoms with E-state index in [9.17, 15) is 18.8 Å². The Labute approximate surface area is 73.1 Å². The van der Waals surface area contributed by atoms with Gasteiger partial charge in [-0.3, -0.25) is 14.4 Å². The number of nitrogens with one attached hydrogen (secondary N) is 1. The molecule has 0 aromatic carbocycles. The van der Waals surface area contributed by atoms with Gasteiger partial charge in [0.1, 0.15) is 0 Å². The van der Waals surface area contributed by atoms with Crippen LogP contribution in [0.5, 0.6) is 0 Å². The van der Waals surface area contributed by atoms with Crippen molar-refractivity contribution in [3.05, 3.63) is 23.7 Å². The highest BCUT2D eigenvalue weighted by molar-refractivity contribution is 6.19. The average Bonchev–Trinajstić information content (AvgIpc) is 1.99. The van der Waals surface area contributed by atoms with Gasteiger partial charge in [-0.05, 0) is 0 Å². The zero-order valence-electron chi connectivity index (χ0n) is 6.76. The lowest BCUT2D eigenvalue weighted by Crippen LogP contribution is -2.27. The zero-order chi connectivity index (χ0) is 10.0. The van der Waals surface area contributed by atoms with E-state index in [0.29, 0.717) is 6.08 Å². The topological polar surface area (TPSA) is 63.2 Å². The van der Waals surface area contributed by atoms with E-state index in [1.807, 2.05) is 0 Å². The molecule has 0 aromatic rings. The Bertz CT molecular complexity index is 354. The molecule has 68 valence electrons. The normalized spacial score (nSPS) is 16.5. The monoisotopic (exact) mass is 183 g/mol. The summed E-state index contributed by atoms with van der Waals surface area (Å²) in [4.78, 5) is 32.2. The van der Waals surface area contributed by atoms with Crippen molar-refractivity contribution in [2.24, 2.45) is 0 Å². The van der Waals surface area contributed by atoms with E-state index < -0.39 is 23.3 Å². The van der Waals surface area contributed by atoms with Gasteiger partial charge in [-0.15, -0.1) is 0 Å². The number of halogens is 1. The SMILES string of the molecule is CC(=O)NC1=CC(=O)C(F)=CC1=O. The number of carbonyl (C=O) groups is 3. The van der Waals surface area contributed by atoms with Gasteiger partial charge in [0, 0.05) is 19.1 Å². The van der Waals surface area contributed by atoms with Crippen LogP contribution < -0.4 is 5.32 Å². The third kappa shape index (κ3) is 2.08. The van der Waals surface area contributed by atoms with Crippen LogP contribution in [0.2, 0.25) is 0 Å². The molecule has 0 spiro atoms. The van der Waals surface area contributed by atoms with Crippen LogP contribution in [0.3, 0.4) is 0 Å². The Morgan fingerprint density at radius 2 is 1.92 bits per heavy atom. The summed E-state index contributed by atoms with van der Waals surface area (Å²) in [7, 11) is 0. The molecule has 0 heterocycles. The second-order valence-electron chi connectivity index (χ2n) is 2.46. The van der Waals surface area contributed by atoms with Crippen LogP contribution in [0.4, 0.5) is 4.39 Å². The largest absolute Gasteiger partial charge is 0.323 e. The fraction of sp³-hybridized carbons (Fsp3) is 0.125. The first kappa shape index (κ1) is 9.31. The van der Waals surface area contributed by atoms with Gasteiger partial charge in [0.2, 0.25) is 17.5 Å². The molecule has 0 bridgehead atoms. The Morgan fingerprint density at radius 3 is 2.46 bits per heavy atom. The molecule has 0 radical (unpaired) electrons. The van der Waals surface area contributed by atoms with Gasteiger partial charge in [0.05, 0.1) is 5.70 Å². The highest BCUT2D eigenvalue weighted by Gasteiger charge is 2.20. The summed E-state index contributed by atoms with van der Waals surface area (Å²) >= 11 is 0. The summed E-state index contributed by atoms with van der Waals surface area (Å²) in [5.41, 5.74) is -0.195. The molecule has 0 atom stereocenters. The quantitative estimate of drug-likeness (QED) is 0.582. The predicted octanol–water partition coefficient (Wildman–Crippen LogP) is 0.0116. The van der Waals surface area contributed by atoms with Gasteiger partial charge in [0.15, 0.2) is 5.83 Å². The summed E-state index contributed by atoms with van der Waals surface area (Å²) in [6, 6.07) is 0. The van der Waals surface area contributed by atoms with Crippen molar-refractivity contribution in [2.45, 2.75) is 6.92 Å². The van der Waals surface area contributed by atoms with Gasteiger partial charge >= 0.3 is 0 Å². The Hall–Kier alpha value is -1.78. The smallest absolute Gasteiger partial charge is 0.221 e. The van der Waals surface area contributed by atoms with Crippen molar-refractivity contribution in [1.29, 1.82) is 0 Å². The maximum Gasteiger partial charge on any atom is 0.221 e. The average molecular weight is 183 g/mol. The molecule has 0 saturated heterocycles. The predicted molar refractivity (Wildman–Crippen MR) is 41.1 cm³/mol. The minimum Gasteiger partial charge on any atom is -0.323 e. The second-order valence-corrected chi connectivity index (χ2v) is 2.46. The molecule has 0 aromatic heterocycles. The molecule has 1 amide bonds. The molecular formula is C8H6FNO3. The molecule has 5 heteroatoms. The molecule has 1 rings (SSSR count). The maximum atomic E-state index is 12.5. The second kappa shape index (κ2) is 3.30. The maximum absolute atomic E-state index is 12.5. The molecule has 1 aliphatic rings. The molecule has 4 nitrogen and oxygen atoms in total. The fourth-order valence-corrected chi connectivity index (χ4v) is 0.822. The van der Waals surface area contributed by atoms with Crippen molar-refractivity contribution in [3.8, 4) is 0 Å². The summed E-state index contributed by atoms with van der Waals surface area (Å²) in [5.74, 6) is -3.22. The number of allylic oxidation sites excluding steroid dienone is 3. The lowest BCUT2D eigenvalue weighted by atomic mass is 10.1. The molecule has 0 saturated carbocycles. The van der Waals surface area contributed by atoms with Gasteiger partial charge in [0.25, 0.3) is 0 Å². The van der Waals surface area contributed by atoms with Crippen molar-refractivity contribution < 1.29 is 18.8 Å². The lowest BCUT2D eigenvalue weighted by Gasteiger charge is -2.07. The lowest BCUT2D eigenvalue weighted by molar-refractivity contribution is -0.120. The van der Waals surface area contributed by atoms with Gasteiger partial charge < -0.3 is 5.32 Å². The summed E-state index contributed by atoms with van der Waals surface area (Å²) < 4.78 is 12.5. The van der Waals surface area contributed by atoms with Gasteiger partial charge in [-0.25, -0.2) is 4.39 Å².